The first kappa shape index (κ1) is 10.4. The fourth-order valence-electron chi connectivity index (χ4n) is 1.58. The van der Waals surface area contributed by atoms with Crippen molar-refractivity contribution in [1.29, 1.82) is 0 Å². The second-order valence-electron chi connectivity index (χ2n) is 3.33. The quantitative estimate of drug-likeness (QED) is 0.725. The summed E-state index contributed by atoms with van der Waals surface area (Å²) in [6.07, 6.45) is 3.02. The maximum atomic E-state index is 11.6. The van der Waals surface area contributed by atoms with Gasteiger partial charge >= 0.3 is 5.97 Å². The third-order valence-corrected chi connectivity index (χ3v) is 2.32. The van der Waals surface area contributed by atoms with Crippen LogP contribution in [-0.2, 0) is 4.74 Å². The summed E-state index contributed by atoms with van der Waals surface area (Å²) in [4.78, 5) is 15.6. The van der Waals surface area contributed by atoms with Crippen LogP contribution in [0.5, 0.6) is 0 Å². The Morgan fingerprint density at radius 1 is 1.44 bits per heavy atom. The normalized spacial score (nSPS) is 10.1. The van der Waals surface area contributed by atoms with Gasteiger partial charge in [-0.2, -0.15) is 0 Å². The Bertz CT molecular complexity index is 503. The highest BCUT2D eigenvalue weighted by molar-refractivity contribution is 5.96. The van der Waals surface area contributed by atoms with Gasteiger partial charge in [-0.3, -0.25) is 0 Å². The summed E-state index contributed by atoms with van der Waals surface area (Å²) in [5, 5.41) is 0. The number of esters is 1. The van der Waals surface area contributed by atoms with Crippen molar-refractivity contribution in [3.8, 4) is 11.5 Å². The summed E-state index contributed by atoms with van der Waals surface area (Å²) in [5.74, 6) is 0.0374. The van der Waals surface area contributed by atoms with Crippen LogP contribution in [0.25, 0.3) is 11.5 Å². The average molecular weight is 217 g/mol. The number of rotatable bonds is 2. The smallest absolute Gasteiger partial charge is 0.338 e. The lowest BCUT2D eigenvalue weighted by Gasteiger charge is -2.07. The number of hydrogen-bond donors (Lipinski definition) is 0. The molecule has 2 rings (SSSR count). The van der Waals surface area contributed by atoms with E-state index in [4.69, 9.17) is 9.15 Å². The van der Waals surface area contributed by atoms with E-state index < -0.39 is 5.97 Å². The standard InChI is InChI=1S/C12H11NO3/c1-8-4-3-5-9(12(14)15-2)10(8)11-13-6-7-16-11/h3-7H,1-2H3. The van der Waals surface area contributed by atoms with Crippen molar-refractivity contribution in [1.82, 2.24) is 4.98 Å². The van der Waals surface area contributed by atoms with E-state index in [1.165, 1.54) is 13.4 Å². The number of carbonyl (C=O) groups excluding carboxylic acids is 1. The highest BCUT2D eigenvalue weighted by atomic mass is 16.5. The molecular formula is C12H11NO3. The van der Waals surface area contributed by atoms with E-state index in [-0.39, 0.29) is 0 Å². The van der Waals surface area contributed by atoms with E-state index in [9.17, 15) is 4.79 Å². The summed E-state index contributed by atoms with van der Waals surface area (Å²) in [5.41, 5.74) is 2.06. The van der Waals surface area contributed by atoms with Crippen LogP contribution in [0, 0.1) is 6.92 Å². The molecule has 4 nitrogen and oxygen atoms in total. The van der Waals surface area contributed by atoms with Crippen molar-refractivity contribution in [2.24, 2.45) is 0 Å². The third-order valence-electron chi connectivity index (χ3n) is 2.32. The van der Waals surface area contributed by atoms with Crippen molar-refractivity contribution in [2.75, 3.05) is 7.11 Å². The zero-order chi connectivity index (χ0) is 11.5. The van der Waals surface area contributed by atoms with Crippen LogP contribution in [-0.4, -0.2) is 18.1 Å². The Balaban J connectivity index is 2.62. The van der Waals surface area contributed by atoms with Crippen LogP contribution in [0.3, 0.4) is 0 Å². The zero-order valence-corrected chi connectivity index (χ0v) is 9.06. The van der Waals surface area contributed by atoms with Gasteiger partial charge in [0, 0.05) is 0 Å². The van der Waals surface area contributed by atoms with Gasteiger partial charge in [0.05, 0.1) is 24.4 Å². The van der Waals surface area contributed by atoms with E-state index in [0.29, 0.717) is 17.0 Å². The molecule has 16 heavy (non-hydrogen) atoms. The lowest BCUT2D eigenvalue weighted by molar-refractivity contribution is 0.0601. The van der Waals surface area contributed by atoms with Crippen molar-refractivity contribution in [2.45, 2.75) is 6.92 Å². The molecule has 0 bridgehead atoms. The molecule has 0 saturated heterocycles. The Labute approximate surface area is 92.9 Å². The van der Waals surface area contributed by atoms with Gasteiger partial charge in [0.1, 0.15) is 6.26 Å². The molecule has 0 fully saturated rings. The minimum absolute atomic E-state index is 0.392. The minimum Gasteiger partial charge on any atom is -0.465 e. The molecule has 0 atom stereocenters. The highest BCUT2D eigenvalue weighted by Gasteiger charge is 2.17. The van der Waals surface area contributed by atoms with Crippen LogP contribution >= 0.6 is 0 Å². The maximum absolute atomic E-state index is 11.6. The van der Waals surface area contributed by atoms with Gasteiger partial charge in [-0.05, 0) is 18.6 Å². The molecular weight excluding hydrogens is 206 g/mol. The van der Waals surface area contributed by atoms with E-state index in [1.807, 2.05) is 13.0 Å². The molecule has 0 radical (unpaired) electrons. The lowest BCUT2D eigenvalue weighted by atomic mass is 10.0. The van der Waals surface area contributed by atoms with Crippen LogP contribution in [0.4, 0.5) is 0 Å². The van der Waals surface area contributed by atoms with Crippen LogP contribution in [0.15, 0.2) is 35.1 Å². The van der Waals surface area contributed by atoms with Crippen LogP contribution in [0.1, 0.15) is 15.9 Å². The third kappa shape index (κ3) is 1.69. The SMILES string of the molecule is COC(=O)c1cccc(C)c1-c1ncco1. The molecule has 2 aromatic rings. The predicted octanol–water partition coefficient (Wildman–Crippen LogP) is 2.44. The number of oxazole rings is 1. The topological polar surface area (TPSA) is 52.3 Å². The number of ether oxygens (including phenoxy) is 1. The molecule has 0 unspecified atom stereocenters. The number of hydrogen-bond acceptors (Lipinski definition) is 4. The largest absolute Gasteiger partial charge is 0.465 e. The first-order valence-electron chi connectivity index (χ1n) is 4.82. The maximum Gasteiger partial charge on any atom is 0.338 e. The molecule has 82 valence electrons. The highest BCUT2D eigenvalue weighted by Crippen LogP contribution is 2.26. The number of methoxy groups -OCH3 is 1. The summed E-state index contributed by atoms with van der Waals surface area (Å²) in [7, 11) is 1.35. The summed E-state index contributed by atoms with van der Waals surface area (Å²) >= 11 is 0. The van der Waals surface area contributed by atoms with Crippen molar-refractivity contribution in [3.05, 3.63) is 41.8 Å². The summed E-state index contributed by atoms with van der Waals surface area (Å²) in [6, 6.07) is 5.39. The van der Waals surface area contributed by atoms with Crippen molar-refractivity contribution >= 4 is 5.97 Å². The summed E-state index contributed by atoms with van der Waals surface area (Å²) < 4.78 is 9.94. The average Bonchev–Trinajstić information content (AvgIpc) is 2.81. The molecule has 0 aliphatic heterocycles. The Morgan fingerprint density at radius 2 is 2.25 bits per heavy atom. The van der Waals surface area contributed by atoms with Crippen molar-refractivity contribution in [3.63, 3.8) is 0 Å². The Kier molecular flexibility index (Phi) is 2.72. The molecule has 0 N–H and O–H groups in total. The number of nitrogens with zero attached hydrogens (tertiary/aromatic N) is 1. The van der Waals surface area contributed by atoms with E-state index >= 15 is 0 Å². The molecule has 0 amide bonds. The molecule has 0 aliphatic carbocycles. The van der Waals surface area contributed by atoms with Gasteiger partial charge in [0.2, 0.25) is 5.89 Å². The van der Waals surface area contributed by atoms with E-state index in [2.05, 4.69) is 4.98 Å². The van der Waals surface area contributed by atoms with E-state index in [1.54, 1.807) is 18.3 Å². The number of carbonyl (C=O) groups is 1. The second kappa shape index (κ2) is 4.18. The van der Waals surface area contributed by atoms with Crippen molar-refractivity contribution < 1.29 is 13.9 Å². The number of aryl methyl sites for hydroxylation is 1. The molecule has 4 heteroatoms. The fourth-order valence-corrected chi connectivity index (χ4v) is 1.58. The van der Waals surface area contributed by atoms with Gasteiger partial charge in [-0.15, -0.1) is 0 Å². The van der Waals surface area contributed by atoms with Crippen LogP contribution in [0.2, 0.25) is 0 Å². The van der Waals surface area contributed by atoms with Gasteiger partial charge in [-0.25, -0.2) is 9.78 Å². The molecule has 1 heterocycles. The molecule has 0 saturated carbocycles. The van der Waals surface area contributed by atoms with Crippen LogP contribution < -0.4 is 0 Å². The predicted molar refractivity (Wildman–Crippen MR) is 58.0 cm³/mol. The first-order valence-corrected chi connectivity index (χ1v) is 4.82. The molecule has 1 aromatic heterocycles. The number of aromatic nitrogens is 1. The Morgan fingerprint density at radius 3 is 2.88 bits per heavy atom. The van der Waals surface area contributed by atoms with Gasteiger partial charge in [0.25, 0.3) is 0 Å². The molecule has 1 aromatic carbocycles. The minimum atomic E-state index is -0.392. The van der Waals surface area contributed by atoms with Gasteiger partial charge in [0.15, 0.2) is 0 Å². The van der Waals surface area contributed by atoms with E-state index in [0.717, 1.165) is 5.56 Å². The second-order valence-corrected chi connectivity index (χ2v) is 3.33. The van der Waals surface area contributed by atoms with Gasteiger partial charge in [-0.1, -0.05) is 12.1 Å². The molecule has 0 aliphatic rings. The Hall–Kier alpha value is -2.10. The fraction of sp³-hybridized carbons (Fsp3) is 0.167. The lowest BCUT2D eigenvalue weighted by Crippen LogP contribution is -2.04. The number of benzene rings is 1. The first-order chi connectivity index (χ1) is 7.74. The summed E-state index contributed by atoms with van der Waals surface area (Å²) in [6.45, 7) is 1.89. The molecule has 0 spiro atoms. The monoisotopic (exact) mass is 217 g/mol. The van der Waals surface area contributed by atoms with Gasteiger partial charge < -0.3 is 9.15 Å². The zero-order valence-electron chi connectivity index (χ0n) is 9.06.